The number of halogens is 1. The summed E-state index contributed by atoms with van der Waals surface area (Å²) in [6.07, 6.45) is 3.27. The van der Waals surface area contributed by atoms with Crippen LogP contribution in [0.3, 0.4) is 0 Å². The lowest BCUT2D eigenvalue weighted by atomic mass is 10.2. The predicted octanol–water partition coefficient (Wildman–Crippen LogP) is 3.21. The van der Waals surface area contributed by atoms with Crippen molar-refractivity contribution in [2.45, 2.75) is 55.6 Å². The minimum Gasteiger partial charge on any atom is -0.507 e. The van der Waals surface area contributed by atoms with Crippen LogP contribution in [0.5, 0.6) is 0 Å². The molecule has 1 nitrogen and oxygen atoms in total. The quantitative estimate of drug-likeness (QED) is 0.682. The van der Waals surface area contributed by atoms with Crippen molar-refractivity contribution in [2.24, 2.45) is 0 Å². The van der Waals surface area contributed by atoms with Crippen LogP contribution in [0.1, 0.15) is 33.6 Å². The van der Waals surface area contributed by atoms with Crippen LogP contribution in [0.15, 0.2) is 0 Å². The molecule has 1 aliphatic rings. The average molecular weight is 235 g/mol. The standard InChI is InChI=1S/C5H10O.2C2H5.2Al.ClH/c1-3-5(6)4-2;2*1-2;;;/h5H,1,3-4H2,2H3;2*1H2,2H3;;;1H/q-1;;;;+1;. The largest absolute Gasteiger partial charge is 0.507 e. The highest BCUT2D eigenvalue weighted by atomic mass is 35.5. The van der Waals surface area contributed by atoms with E-state index < -0.39 is 12.6 Å². The van der Waals surface area contributed by atoms with Gasteiger partial charge in [-0.25, -0.2) is 0 Å². The Balaban J connectivity index is 0.00000144. The van der Waals surface area contributed by atoms with Gasteiger partial charge in [0.1, 0.15) is 0 Å². The van der Waals surface area contributed by atoms with Crippen molar-refractivity contribution in [3.63, 3.8) is 0 Å². The van der Waals surface area contributed by atoms with Crippen molar-refractivity contribution >= 4 is 37.2 Å². The molecule has 76 valence electrons. The lowest BCUT2D eigenvalue weighted by molar-refractivity contribution is 0.191. The second-order valence-electron chi connectivity index (χ2n) is 3.86. The van der Waals surface area contributed by atoms with Crippen molar-refractivity contribution in [3.8, 4) is 0 Å². The molecule has 1 atom stereocenters. The maximum absolute atomic E-state index is 6.19. The van der Waals surface area contributed by atoms with Gasteiger partial charge in [0.25, 0.3) is 0 Å². The Morgan fingerprint density at radius 3 is 2.38 bits per heavy atom. The van der Waals surface area contributed by atoms with Crippen molar-refractivity contribution in [3.05, 3.63) is 0 Å². The molecule has 0 aromatic heterocycles. The number of hydrogen-bond donors (Lipinski definition) is 0. The predicted molar refractivity (Wildman–Crippen MR) is 64.3 cm³/mol. The third kappa shape index (κ3) is 4.13. The summed E-state index contributed by atoms with van der Waals surface area (Å²) < 4.78 is 6.19. The smallest absolute Gasteiger partial charge is 0.377 e. The van der Waals surface area contributed by atoms with Gasteiger partial charge in [-0.15, -0.1) is 17.7 Å². The molecule has 1 aliphatic heterocycles. The first-order valence-electron chi connectivity index (χ1n) is 5.47. The summed E-state index contributed by atoms with van der Waals surface area (Å²) in [6.45, 7) is 6.98. The van der Waals surface area contributed by atoms with E-state index in [1.807, 2.05) is 0 Å². The topological polar surface area (TPSA) is 9.23 Å². The summed E-state index contributed by atoms with van der Waals surface area (Å²) in [5, 5.41) is 4.46. The maximum atomic E-state index is 6.19. The van der Waals surface area contributed by atoms with Gasteiger partial charge in [0.15, 0.2) is 0 Å². The third-order valence-corrected chi connectivity index (χ3v) is 15.3. The molecule has 0 amide bonds. The Hall–Kier alpha value is 1.31. The fraction of sp³-hybridized carbons (Fsp3) is 1.00. The summed E-state index contributed by atoms with van der Waals surface area (Å²) in [6, 6.07) is 0. The molecule has 0 saturated carbocycles. The first-order valence-corrected chi connectivity index (χ1v) is 11.1. The Morgan fingerprint density at radius 2 is 1.92 bits per heavy atom. The minimum atomic E-state index is -0.657. The van der Waals surface area contributed by atoms with Gasteiger partial charge < -0.3 is 3.79 Å². The summed E-state index contributed by atoms with van der Waals surface area (Å²) in [7, 11) is 0. The van der Waals surface area contributed by atoms with Gasteiger partial charge in [0, 0.05) is 6.10 Å². The molecule has 0 aromatic rings. The van der Waals surface area contributed by atoms with E-state index in [2.05, 4.69) is 20.8 Å². The van der Waals surface area contributed by atoms with E-state index in [-0.39, 0.29) is 24.7 Å². The van der Waals surface area contributed by atoms with E-state index in [0.717, 1.165) is 0 Å². The molecule has 1 rings (SSSR count). The summed E-state index contributed by atoms with van der Waals surface area (Å²) >= 11 is -1.01. The Bertz CT molecular complexity index is 135. The SMILES string of the molecule is CCC1C[CH2][Al]([CH2]C)[Al]([CH2]C)[O]1.Cl. The number of rotatable bonds is 3. The van der Waals surface area contributed by atoms with E-state index in [0.29, 0.717) is 6.10 Å². The third-order valence-electron chi connectivity index (χ3n) is 3.13. The molecule has 0 radical (unpaired) electrons. The van der Waals surface area contributed by atoms with Crippen molar-refractivity contribution in [1.29, 1.82) is 0 Å². The summed E-state index contributed by atoms with van der Waals surface area (Å²) in [4.78, 5) is 0. The van der Waals surface area contributed by atoms with Crippen LogP contribution in [-0.4, -0.2) is 30.9 Å². The molecule has 1 fully saturated rings. The van der Waals surface area contributed by atoms with Crippen LogP contribution >= 0.6 is 12.4 Å². The Labute approximate surface area is 96.2 Å². The minimum absolute atomic E-state index is 0. The molecule has 4 heteroatoms. The average Bonchev–Trinajstić information content (AvgIpc) is 2.16. The highest BCUT2D eigenvalue weighted by molar-refractivity contribution is 7.19. The maximum Gasteiger partial charge on any atom is 0.377 e. The highest BCUT2D eigenvalue weighted by Crippen LogP contribution is 2.23. The van der Waals surface area contributed by atoms with Gasteiger partial charge in [-0.1, -0.05) is 31.3 Å². The first-order chi connectivity index (χ1) is 5.81. The van der Waals surface area contributed by atoms with Crippen molar-refractivity contribution < 1.29 is 3.79 Å². The highest BCUT2D eigenvalue weighted by Gasteiger charge is 2.37. The van der Waals surface area contributed by atoms with Gasteiger partial charge in [-0.05, 0) is 12.8 Å². The van der Waals surface area contributed by atoms with Crippen LogP contribution in [0.4, 0.5) is 0 Å². The van der Waals surface area contributed by atoms with Crippen LogP contribution in [0.2, 0.25) is 15.8 Å². The molecule has 1 heterocycles. The van der Waals surface area contributed by atoms with Crippen molar-refractivity contribution in [1.82, 2.24) is 0 Å². The molecule has 0 aliphatic carbocycles. The fourth-order valence-electron chi connectivity index (χ4n) is 2.21. The lowest BCUT2D eigenvalue weighted by Crippen LogP contribution is -2.44. The molecule has 1 saturated heterocycles. The molecular weight excluding hydrogens is 214 g/mol. The van der Waals surface area contributed by atoms with E-state index in [1.54, 1.807) is 5.28 Å². The zero-order valence-electron chi connectivity index (χ0n) is 9.08. The second-order valence-corrected chi connectivity index (χ2v) is 14.0. The zero-order chi connectivity index (χ0) is 8.97. The lowest BCUT2D eigenvalue weighted by Gasteiger charge is -2.30. The van der Waals surface area contributed by atoms with Gasteiger partial charge in [0.05, 0.1) is 0 Å². The molecule has 0 spiro atoms. The van der Waals surface area contributed by atoms with Crippen LogP contribution < -0.4 is 0 Å². The Kier molecular flexibility index (Phi) is 8.35. The van der Waals surface area contributed by atoms with E-state index in [1.165, 1.54) is 23.4 Å². The van der Waals surface area contributed by atoms with Gasteiger partial charge in [-0.2, -0.15) is 0 Å². The molecule has 0 bridgehead atoms. The number of hydrogen-bond acceptors (Lipinski definition) is 1. The summed E-state index contributed by atoms with van der Waals surface area (Å²) in [5.41, 5.74) is 0. The fourth-order valence-corrected chi connectivity index (χ4v) is 12.8. The summed E-state index contributed by atoms with van der Waals surface area (Å²) in [5.74, 6) is 0. The van der Waals surface area contributed by atoms with Crippen LogP contribution in [0, 0.1) is 0 Å². The van der Waals surface area contributed by atoms with Crippen LogP contribution in [-0.2, 0) is 3.79 Å². The molecular formula is C9H21Al2ClO. The van der Waals surface area contributed by atoms with E-state index in [9.17, 15) is 0 Å². The second kappa shape index (κ2) is 7.59. The zero-order valence-corrected chi connectivity index (χ0v) is 12.2. The van der Waals surface area contributed by atoms with E-state index in [4.69, 9.17) is 3.79 Å². The van der Waals surface area contributed by atoms with Gasteiger partial charge in [0.2, 0.25) is 12.2 Å². The molecule has 13 heavy (non-hydrogen) atoms. The van der Waals surface area contributed by atoms with E-state index >= 15 is 0 Å². The monoisotopic (exact) mass is 234 g/mol. The normalized spacial score (nSPS) is 22.8. The van der Waals surface area contributed by atoms with Gasteiger partial charge >= 0.3 is 12.6 Å². The first kappa shape index (κ1) is 14.3. The molecule has 1 unspecified atom stereocenters. The van der Waals surface area contributed by atoms with Gasteiger partial charge in [-0.3, -0.25) is 0 Å². The van der Waals surface area contributed by atoms with Crippen LogP contribution in [0.25, 0.3) is 0 Å². The molecule has 0 N–H and O–H groups in total. The van der Waals surface area contributed by atoms with Crippen molar-refractivity contribution in [2.75, 3.05) is 0 Å². The molecule has 0 aromatic carbocycles. The Morgan fingerprint density at radius 1 is 1.23 bits per heavy atom.